The molecule has 0 aliphatic carbocycles. The average molecular weight is 677 g/mol. The van der Waals surface area contributed by atoms with Gasteiger partial charge in [-0.15, -0.1) is 0 Å². The molecule has 52 heavy (non-hydrogen) atoms. The minimum atomic E-state index is 0.976. The second-order valence-electron chi connectivity index (χ2n) is 13.9. The topological polar surface area (TPSA) is 6.48 Å². The first-order valence-corrected chi connectivity index (χ1v) is 18.6. The molecule has 7 aromatic carbocycles. The van der Waals surface area contributed by atoms with Crippen molar-refractivity contribution in [2.24, 2.45) is 0 Å². The maximum atomic E-state index is 2.41. The Kier molecular flexibility index (Phi) is 10.1. The molecule has 0 spiro atoms. The van der Waals surface area contributed by atoms with Crippen LogP contribution in [0, 0.1) is 27.7 Å². The van der Waals surface area contributed by atoms with Crippen LogP contribution in [0.4, 0.5) is 34.1 Å². The smallest absolute Gasteiger partial charge is 0.0522 e. The van der Waals surface area contributed by atoms with Crippen molar-refractivity contribution < 1.29 is 0 Å². The third-order valence-corrected chi connectivity index (χ3v) is 10.2. The van der Waals surface area contributed by atoms with E-state index in [1.165, 1.54) is 78.4 Å². The Morgan fingerprint density at radius 3 is 0.885 bits per heavy atom. The van der Waals surface area contributed by atoms with Gasteiger partial charge in [-0.1, -0.05) is 134 Å². The van der Waals surface area contributed by atoms with Crippen LogP contribution < -0.4 is 9.80 Å². The number of aryl methyl sites for hydroxylation is 6. The molecule has 0 fully saturated rings. The maximum Gasteiger partial charge on any atom is 0.0522 e. The molecule has 0 N–H and O–H groups in total. The predicted octanol–water partition coefficient (Wildman–Crippen LogP) is 14.3. The van der Waals surface area contributed by atoms with Crippen LogP contribution >= 0.6 is 0 Å². The highest BCUT2D eigenvalue weighted by Gasteiger charge is 2.19. The number of nitrogens with zero attached hydrogens (tertiary/aromatic N) is 2. The van der Waals surface area contributed by atoms with Gasteiger partial charge >= 0.3 is 0 Å². The zero-order valence-corrected chi connectivity index (χ0v) is 31.3. The Hall–Kier alpha value is -5.86. The molecule has 0 unspecified atom stereocenters. The van der Waals surface area contributed by atoms with Crippen molar-refractivity contribution in [2.75, 3.05) is 9.80 Å². The number of benzene rings is 7. The fourth-order valence-electron chi connectivity index (χ4n) is 7.31. The van der Waals surface area contributed by atoms with Crippen LogP contribution in [-0.2, 0) is 12.8 Å². The summed E-state index contributed by atoms with van der Waals surface area (Å²) in [4.78, 5) is 4.82. The fourth-order valence-corrected chi connectivity index (χ4v) is 7.31. The van der Waals surface area contributed by atoms with Crippen LogP contribution in [0.3, 0.4) is 0 Å². The lowest BCUT2D eigenvalue weighted by Crippen LogP contribution is -2.13. The van der Waals surface area contributed by atoms with Crippen LogP contribution in [0.2, 0.25) is 0 Å². The molecule has 2 heteroatoms. The molecule has 7 aromatic rings. The predicted molar refractivity (Wildman–Crippen MR) is 224 cm³/mol. The molecule has 0 radical (unpaired) electrons. The van der Waals surface area contributed by atoms with E-state index in [2.05, 4.69) is 209 Å². The van der Waals surface area contributed by atoms with E-state index < -0.39 is 0 Å². The van der Waals surface area contributed by atoms with E-state index in [9.17, 15) is 0 Å². The van der Waals surface area contributed by atoms with E-state index in [0.717, 1.165) is 24.2 Å². The minimum Gasteiger partial charge on any atom is -0.310 e. The van der Waals surface area contributed by atoms with Gasteiger partial charge in [0.1, 0.15) is 0 Å². The van der Waals surface area contributed by atoms with Crippen molar-refractivity contribution in [3.05, 3.63) is 191 Å². The van der Waals surface area contributed by atoms with Gasteiger partial charge in [-0.25, -0.2) is 0 Å². The molecule has 0 heterocycles. The third-order valence-electron chi connectivity index (χ3n) is 10.2. The quantitative estimate of drug-likeness (QED) is 0.142. The minimum absolute atomic E-state index is 0.976. The first kappa shape index (κ1) is 34.6. The van der Waals surface area contributed by atoms with Gasteiger partial charge in [0.25, 0.3) is 0 Å². The summed E-state index contributed by atoms with van der Waals surface area (Å²) in [6.07, 6.45) is 1.95. The van der Waals surface area contributed by atoms with E-state index in [-0.39, 0.29) is 0 Å². The lowest BCUT2D eigenvalue weighted by Gasteiger charge is -2.29. The summed E-state index contributed by atoms with van der Waals surface area (Å²) in [5, 5.41) is 0. The van der Waals surface area contributed by atoms with E-state index in [1.807, 2.05) is 0 Å². The molecule has 0 saturated carbocycles. The Bertz CT molecular complexity index is 2100. The first-order chi connectivity index (χ1) is 25.3. The molecule has 0 bridgehead atoms. The standard InChI is InChI=1S/C50H48N2/c1-7-39-13-9-11-37(5)49(39)51(45-27-15-35(3)16-28-45)47-31-23-43(24-32-47)41-19-21-42(22-20-41)44-25-33-48(34-26-44)52(46-29-17-36(4)18-30-46)50-38(6)12-10-14-40(50)8-2/h9-34H,7-8H2,1-6H3. The largest absolute Gasteiger partial charge is 0.310 e. The Labute approximate surface area is 310 Å². The molecule has 0 saturated heterocycles. The first-order valence-electron chi connectivity index (χ1n) is 18.6. The van der Waals surface area contributed by atoms with E-state index in [1.54, 1.807) is 0 Å². The van der Waals surface area contributed by atoms with Crippen molar-refractivity contribution in [3.8, 4) is 22.3 Å². The molecule has 0 amide bonds. The van der Waals surface area contributed by atoms with Gasteiger partial charge in [0.15, 0.2) is 0 Å². The second kappa shape index (κ2) is 15.2. The van der Waals surface area contributed by atoms with Crippen LogP contribution in [0.1, 0.15) is 47.2 Å². The highest BCUT2D eigenvalue weighted by Crippen LogP contribution is 2.41. The van der Waals surface area contributed by atoms with Gasteiger partial charge in [0, 0.05) is 22.7 Å². The molecule has 0 aromatic heterocycles. The molecule has 0 aliphatic heterocycles. The summed E-state index contributed by atoms with van der Waals surface area (Å²) in [7, 11) is 0. The maximum absolute atomic E-state index is 2.41. The number of hydrogen-bond donors (Lipinski definition) is 0. The van der Waals surface area contributed by atoms with Crippen molar-refractivity contribution >= 4 is 34.1 Å². The summed E-state index contributed by atoms with van der Waals surface area (Å²) in [5.74, 6) is 0. The van der Waals surface area contributed by atoms with Gasteiger partial charge in [-0.3, -0.25) is 0 Å². The van der Waals surface area contributed by atoms with E-state index in [4.69, 9.17) is 0 Å². The second-order valence-corrected chi connectivity index (χ2v) is 13.9. The normalized spacial score (nSPS) is 11.0. The third kappa shape index (κ3) is 7.02. The van der Waals surface area contributed by atoms with Crippen LogP contribution in [0.5, 0.6) is 0 Å². The summed E-state index contributed by atoms with van der Waals surface area (Å²) in [6.45, 7) is 13.2. The molecular formula is C50H48N2. The lowest BCUT2D eigenvalue weighted by molar-refractivity contribution is 1.10. The number of hydrogen-bond acceptors (Lipinski definition) is 2. The fraction of sp³-hybridized carbons (Fsp3) is 0.160. The van der Waals surface area contributed by atoms with Crippen molar-refractivity contribution in [2.45, 2.75) is 54.4 Å². The van der Waals surface area contributed by atoms with Gasteiger partial charge < -0.3 is 9.80 Å². The van der Waals surface area contributed by atoms with Crippen molar-refractivity contribution in [3.63, 3.8) is 0 Å². The van der Waals surface area contributed by atoms with Gasteiger partial charge in [-0.2, -0.15) is 0 Å². The molecule has 0 aliphatic rings. The number of anilines is 6. The SMILES string of the molecule is CCc1cccc(C)c1N(c1ccc(C)cc1)c1ccc(-c2ccc(-c3ccc(N(c4ccc(C)cc4)c4c(C)cccc4CC)cc3)cc2)cc1. The summed E-state index contributed by atoms with van der Waals surface area (Å²) in [5.41, 5.74) is 19.8. The molecule has 7 rings (SSSR count). The zero-order chi connectivity index (χ0) is 36.2. The van der Waals surface area contributed by atoms with Crippen LogP contribution in [-0.4, -0.2) is 0 Å². The Balaban J connectivity index is 1.17. The van der Waals surface area contributed by atoms with E-state index >= 15 is 0 Å². The van der Waals surface area contributed by atoms with Gasteiger partial charge in [0.2, 0.25) is 0 Å². The summed E-state index contributed by atoms with van der Waals surface area (Å²) in [6, 6.07) is 57.9. The lowest BCUT2D eigenvalue weighted by atomic mass is 9.98. The number of rotatable bonds is 10. The average Bonchev–Trinajstić information content (AvgIpc) is 3.18. The van der Waals surface area contributed by atoms with Crippen LogP contribution in [0.25, 0.3) is 22.3 Å². The number of para-hydroxylation sites is 2. The summed E-state index contributed by atoms with van der Waals surface area (Å²) < 4.78 is 0. The summed E-state index contributed by atoms with van der Waals surface area (Å²) >= 11 is 0. The highest BCUT2D eigenvalue weighted by atomic mass is 15.2. The molecule has 0 atom stereocenters. The Morgan fingerprint density at radius 1 is 0.327 bits per heavy atom. The monoisotopic (exact) mass is 676 g/mol. The molecule has 2 nitrogen and oxygen atoms in total. The highest BCUT2D eigenvalue weighted by molar-refractivity contribution is 5.84. The Morgan fingerprint density at radius 2 is 0.596 bits per heavy atom. The van der Waals surface area contributed by atoms with Crippen LogP contribution in [0.15, 0.2) is 158 Å². The van der Waals surface area contributed by atoms with Crippen molar-refractivity contribution in [1.82, 2.24) is 0 Å². The molecular weight excluding hydrogens is 629 g/mol. The van der Waals surface area contributed by atoms with Crippen molar-refractivity contribution in [1.29, 1.82) is 0 Å². The molecule has 258 valence electrons. The zero-order valence-electron chi connectivity index (χ0n) is 31.3. The van der Waals surface area contributed by atoms with Gasteiger partial charge in [-0.05, 0) is 134 Å². The van der Waals surface area contributed by atoms with Gasteiger partial charge in [0.05, 0.1) is 11.4 Å². The van der Waals surface area contributed by atoms with E-state index in [0.29, 0.717) is 0 Å².